The van der Waals surface area contributed by atoms with Gasteiger partial charge < -0.3 is 9.47 Å². The van der Waals surface area contributed by atoms with Crippen LogP contribution >= 0.6 is 11.6 Å². The van der Waals surface area contributed by atoms with Gasteiger partial charge in [-0.25, -0.2) is 4.79 Å². The van der Waals surface area contributed by atoms with E-state index in [0.717, 1.165) is 6.42 Å². The largest absolute Gasteiger partial charge is 0.462 e. The van der Waals surface area contributed by atoms with E-state index in [1.165, 1.54) is 0 Å². The summed E-state index contributed by atoms with van der Waals surface area (Å²) in [5.74, 6) is 0.403. The second-order valence-electron chi connectivity index (χ2n) is 3.96. The molecular formula is C14H13ClN2O3. The number of benzene rings is 1. The fourth-order valence-electron chi connectivity index (χ4n) is 1.44. The Bertz CT molecular complexity index is 587. The molecule has 0 aliphatic carbocycles. The molecule has 0 atom stereocenters. The highest BCUT2D eigenvalue weighted by Crippen LogP contribution is 2.21. The van der Waals surface area contributed by atoms with Crippen LogP contribution in [0.4, 0.5) is 0 Å². The molecule has 0 amide bonds. The summed E-state index contributed by atoms with van der Waals surface area (Å²) in [5.41, 5.74) is 0.429. The number of halogens is 1. The third-order valence-electron chi connectivity index (χ3n) is 2.34. The maximum absolute atomic E-state index is 11.7. The number of aromatic nitrogens is 2. The van der Waals surface area contributed by atoms with Crippen molar-refractivity contribution in [3.8, 4) is 11.6 Å². The van der Waals surface area contributed by atoms with E-state index in [2.05, 4.69) is 10.2 Å². The molecule has 0 bridgehead atoms. The van der Waals surface area contributed by atoms with Crippen LogP contribution in [0.3, 0.4) is 0 Å². The monoisotopic (exact) mass is 292 g/mol. The number of esters is 1. The smallest absolute Gasteiger partial charge is 0.338 e. The van der Waals surface area contributed by atoms with Gasteiger partial charge in [-0.05, 0) is 30.7 Å². The van der Waals surface area contributed by atoms with Crippen molar-refractivity contribution >= 4 is 17.6 Å². The minimum absolute atomic E-state index is 0.286. The summed E-state index contributed by atoms with van der Waals surface area (Å²) in [7, 11) is 0. The van der Waals surface area contributed by atoms with Crippen LogP contribution in [0.15, 0.2) is 36.4 Å². The van der Waals surface area contributed by atoms with Gasteiger partial charge in [0.05, 0.1) is 12.2 Å². The van der Waals surface area contributed by atoms with Gasteiger partial charge in [0.25, 0.3) is 0 Å². The van der Waals surface area contributed by atoms with Gasteiger partial charge in [0, 0.05) is 6.07 Å². The lowest BCUT2D eigenvalue weighted by atomic mass is 10.2. The van der Waals surface area contributed by atoms with Gasteiger partial charge in [-0.1, -0.05) is 24.6 Å². The van der Waals surface area contributed by atoms with Gasteiger partial charge in [-0.3, -0.25) is 0 Å². The molecule has 0 saturated heterocycles. The summed E-state index contributed by atoms with van der Waals surface area (Å²) in [5, 5.41) is 7.74. The van der Waals surface area contributed by atoms with E-state index in [0.29, 0.717) is 23.8 Å². The first kappa shape index (κ1) is 14.3. The van der Waals surface area contributed by atoms with Gasteiger partial charge in [-0.15, -0.1) is 10.2 Å². The zero-order valence-corrected chi connectivity index (χ0v) is 11.6. The maximum Gasteiger partial charge on any atom is 0.338 e. The predicted molar refractivity (Wildman–Crippen MR) is 74.1 cm³/mol. The van der Waals surface area contributed by atoms with E-state index in [1.54, 1.807) is 36.4 Å². The molecule has 0 spiro atoms. The number of carbonyl (C=O) groups excluding carboxylic acids is 1. The molecule has 0 aliphatic heterocycles. The van der Waals surface area contributed by atoms with E-state index >= 15 is 0 Å². The molecule has 0 fully saturated rings. The van der Waals surface area contributed by atoms with Crippen LogP contribution in [0.5, 0.6) is 11.6 Å². The molecule has 0 N–H and O–H groups in total. The lowest BCUT2D eigenvalue weighted by Crippen LogP contribution is -2.05. The first-order valence-corrected chi connectivity index (χ1v) is 6.51. The summed E-state index contributed by atoms with van der Waals surface area (Å²) in [4.78, 5) is 11.7. The van der Waals surface area contributed by atoms with Crippen molar-refractivity contribution in [3.63, 3.8) is 0 Å². The molecule has 0 radical (unpaired) electrons. The Hall–Kier alpha value is -2.14. The van der Waals surface area contributed by atoms with Crippen molar-refractivity contribution in [1.29, 1.82) is 0 Å². The van der Waals surface area contributed by atoms with Crippen LogP contribution in [0.25, 0.3) is 0 Å². The fraction of sp³-hybridized carbons (Fsp3) is 0.214. The van der Waals surface area contributed by atoms with Gasteiger partial charge >= 0.3 is 5.97 Å². The molecule has 2 rings (SSSR count). The number of hydrogen-bond acceptors (Lipinski definition) is 5. The Morgan fingerprint density at radius 3 is 2.80 bits per heavy atom. The molecule has 20 heavy (non-hydrogen) atoms. The second kappa shape index (κ2) is 6.86. The number of carbonyl (C=O) groups is 1. The fourth-order valence-corrected chi connectivity index (χ4v) is 1.54. The topological polar surface area (TPSA) is 61.3 Å². The first-order chi connectivity index (χ1) is 9.69. The molecular weight excluding hydrogens is 280 g/mol. The summed E-state index contributed by atoms with van der Waals surface area (Å²) in [6.45, 7) is 2.33. The highest BCUT2D eigenvalue weighted by atomic mass is 35.5. The van der Waals surface area contributed by atoms with Crippen LogP contribution in [-0.4, -0.2) is 22.8 Å². The van der Waals surface area contributed by atoms with Gasteiger partial charge in [0.1, 0.15) is 5.75 Å². The normalized spacial score (nSPS) is 10.1. The van der Waals surface area contributed by atoms with E-state index < -0.39 is 0 Å². The van der Waals surface area contributed by atoms with Crippen LogP contribution in [0, 0.1) is 0 Å². The number of nitrogens with zero attached hydrogens (tertiary/aromatic N) is 2. The summed E-state index contributed by atoms with van der Waals surface area (Å²) in [6.07, 6.45) is 0.780. The molecule has 1 aromatic carbocycles. The van der Waals surface area contributed by atoms with Gasteiger partial charge in [0.15, 0.2) is 5.15 Å². The molecule has 2 aromatic rings. The highest BCUT2D eigenvalue weighted by Gasteiger charge is 2.08. The number of hydrogen-bond donors (Lipinski definition) is 0. The lowest BCUT2D eigenvalue weighted by Gasteiger charge is -2.06. The van der Waals surface area contributed by atoms with E-state index in [4.69, 9.17) is 21.1 Å². The molecule has 0 aliphatic rings. The zero-order chi connectivity index (χ0) is 14.4. The Morgan fingerprint density at radius 1 is 1.25 bits per heavy atom. The molecule has 6 heteroatoms. The van der Waals surface area contributed by atoms with E-state index in [1.807, 2.05) is 6.92 Å². The van der Waals surface area contributed by atoms with Crippen LogP contribution < -0.4 is 4.74 Å². The van der Waals surface area contributed by atoms with Crippen molar-refractivity contribution in [1.82, 2.24) is 10.2 Å². The minimum Gasteiger partial charge on any atom is -0.462 e. The molecule has 1 aromatic heterocycles. The summed E-state index contributed by atoms with van der Waals surface area (Å²) < 4.78 is 10.5. The minimum atomic E-state index is -0.375. The Kier molecular flexibility index (Phi) is 4.90. The molecule has 0 saturated carbocycles. The van der Waals surface area contributed by atoms with Gasteiger partial charge in [0.2, 0.25) is 5.88 Å². The lowest BCUT2D eigenvalue weighted by molar-refractivity contribution is 0.0504. The van der Waals surface area contributed by atoms with E-state index in [9.17, 15) is 4.79 Å². The quantitative estimate of drug-likeness (QED) is 0.789. The van der Waals surface area contributed by atoms with Crippen molar-refractivity contribution in [2.45, 2.75) is 13.3 Å². The number of ether oxygens (including phenoxy) is 2. The van der Waals surface area contributed by atoms with Crippen molar-refractivity contribution in [2.24, 2.45) is 0 Å². The average molecular weight is 293 g/mol. The predicted octanol–water partition coefficient (Wildman–Crippen LogP) is 3.49. The maximum atomic E-state index is 11.7. The molecule has 0 unspecified atom stereocenters. The molecule has 104 valence electrons. The Labute approximate surface area is 121 Å². The van der Waals surface area contributed by atoms with Crippen LogP contribution in [-0.2, 0) is 4.74 Å². The SMILES string of the molecule is CCCOC(=O)c1cccc(Oc2ccc(Cl)nn2)c1. The highest BCUT2D eigenvalue weighted by molar-refractivity contribution is 6.29. The third kappa shape index (κ3) is 3.93. The summed E-state index contributed by atoms with van der Waals surface area (Å²) >= 11 is 5.64. The van der Waals surface area contributed by atoms with Crippen molar-refractivity contribution in [2.75, 3.05) is 6.61 Å². The van der Waals surface area contributed by atoms with Crippen molar-refractivity contribution < 1.29 is 14.3 Å². The zero-order valence-electron chi connectivity index (χ0n) is 10.9. The molecule has 1 heterocycles. The Balaban J connectivity index is 2.09. The second-order valence-corrected chi connectivity index (χ2v) is 4.35. The average Bonchev–Trinajstić information content (AvgIpc) is 2.47. The third-order valence-corrected chi connectivity index (χ3v) is 2.54. The van der Waals surface area contributed by atoms with Crippen molar-refractivity contribution in [3.05, 3.63) is 47.1 Å². The van der Waals surface area contributed by atoms with E-state index in [-0.39, 0.29) is 11.1 Å². The Morgan fingerprint density at radius 2 is 2.10 bits per heavy atom. The van der Waals surface area contributed by atoms with Crippen LogP contribution in [0.2, 0.25) is 5.15 Å². The van der Waals surface area contributed by atoms with Crippen LogP contribution in [0.1, 0.15) is 23.7 Å². The number of rotatable bonds is 5. The first-order valence-electron chi connectivity index (χ1n) is 6.13. The molecule has 5 nitrogen and oxygen atoms in total. The summed E-state index contributed by atoms with van der Waals surface area (Å²) in [6, 6.07) is 9.85. The standard InChI is InChI=1S/C14H13ClN2O3/c1-2-8-19-14(18)10-4-3-5-11(9-10)20-13-7-6-12(15)16-17-13/h3-7,9H,2,8H2,1H3. The van der Waals surface area contributed by atoms with Gasteiger partial charge in [-0.2, -0.15) is 0 Å².